The summed E-state index contributed by atoms with van der Waals surface area (Å²) >= 11 is 0. The van der Waals surface area contributed by atoms with Crippen molar-refractivity contribution in [3.63, 3.8) is 0 Å². The quantitative estimate of drug-likeness (QED) is 0.244. The molecule has 0 rings (SSSR count). The van der Waals surface area contributed by atoms with Crippen molar-refractivity contribution in [2.24, 2.45) is 16.8 Å². The molecule has 0 heterocycles. The van der Waals surface area contributed by atoms with Crippen LogP contribution in [-0.2, 0) is 0 Å². The topological polar surface area (TPSA) is 91.0 Å². The second-order valence-electron chi connectivity index (χ2n) is 2.86. The monoisotopic (exact) mass is 188 g/mol. The van der Waals surface area contributed by atoms with E-state index < -0.39 is 0 Å². The van der Waals surface area contributed by atoms with Crippen molar-refractivity contribution in [3.8, 4) is 0 Å². The molecule has 0 aliphatic heterocycles. The second-order valence-corrected chi connectivity index (χ2v) is 2.86. The second kappa shape index (κ2) is 5.23. The van der Waals surface area contributed by atoms with Gasteiger partial charge < -0.3 is 21.2 Å². The number of nitrogens with one attached hydrogen (secondary N) is 1. The Hall–Kier alpha value is -1.46. The van der Waals surface area contributed by atoms with E-state index in [0.717, 1.165) is 0 Å². The molecular weight excluding hydrogens is 172 g/mol. The van der Waals surface area contributed by atoms with E-state index in [2.05, 4.69) is 10.5 Å². The Morgan fingerprint density at radius 1 is 1.77 bits per heavy atom. The minimum absolute atomic E-state index is 0.121. The van der Waals surface area contributed by atoms with Crippen molar-refractivity contribution in [3.05, 3.63) is 0 Å². The molecule has 6 heteroatoms. The first-order chi connectivity index (χ1) is 6.02. The lowest BCUT2D eigenvalue weighted by Crippen LogP contribution is -2.40. The summed E-state index contributed by atoms with van der Waals surface area (Å²) in [7, 11) is 3.19. The average Bonchev–Trinajstić information content (AvgIpc) is 2.14. The molecular formula is C7H16N4O2. The molecule has 0 aliphatic carbocycles. The van der Waals surface area contributed by atoms with Gasteiger partial charge in [-0.05, 0) is 0 Å². The molecule has 0 aromatic heterocycles. The van der Waals surface area contributed by atoms with Crippen LogP contribution in [0.5, 0.6) is 0 Å². The Labute approximate surface area is 77.4 Å². The summed E-state index contributed by atoms with van der Waals surface area (Å²) in [5.41, 5.74) is 5.35. The first-order valence-electron chi connectivity index (χ1n) is 3.93. The molecule has 0 aliphatic rings. The first kappa shape index (κ1) is 11.5. The summed E-state index contributed by atoms with van der Waals surface area (Å²) in [6.07, 6.45) is 0. The summed E-state index contributed by atoms with van der Waals surface area (Å²) in [6.45, 7) is 2.18. The van der Waals surface area contributed by atoms with Crippen LogP contribution < -0.4 is 11.1 Å². The molecule has 13 heavy (non-hydrogen) atoms. The van der Waals surface area contributed by atoms with Crippen LogP contribution in [0.25, 0.3) is 0 Å². The van der Waals surface area contributed by atoms with Crippen molar-refractivity contribution in [1.29, 1.82) is 0 Å². The first-order valence-corrected chi connectivity index (χ1v) is 3.93. The number of amidine groups is 1. The van der Waals surface area contributed by atoms with E-state index >= 15 is 0 Å². The van der Waals surface area contributed by atoms with Crippen molar-refractivity contribution in [2.45, 2.75) is 6.92 Å². The third-order valence-corrected chi connectivity index (χ3v) is 1.73. The summed E-state index contributed by atoms with van der Waals surface area (Å²) in [5.74, 6) is -0.0388. The lowest BCUT2D eigenvalue weighted by Gasteiger charge is -2.19. The molecule has 0 bridgehead atoms. The lowest BCUT2D eigenvalue weighted by atomic mass is 10.1. The number of carbonyl (C=O) groups excluding carboxylic acids is 1. The normalized spacial score (nSPS) is 13.6. The maximum absolute atomic E-state index is 11.0. The van der Waals surface area contributed by atoms with Crippen LogP contribution in [-0.4, -0.2) is 42.6 Å². The molecule has 0 saturated carbocycles. The van der Waals surface area contributed by atoms with E-state index in [0.29, 0.717) is 6.54 Å². The van der Waals surface area contributed by atoms with Gasteiger partial charge in [0.1, 0.15) is 5.84 Å². The average molecular weight is 188 g/mol. The molecule has 0 spiro atoms. The van der Waals surface area contributed by atoms with Crippen molar-refractivity contribution >= 4 is 11.9 Å². The highest BCUT2D eigenvalue weighted by atomic mass is 16.4. The number of hydrogen-bond acceptors (Lipinski definition) is 3. The van der Waals surface area contributed by atoms with Gasteiger partial charge in [0.2, 0.25) is 0 Å². The van der Waals surface area contributed by atoms with Gasteiger partial charge in [-0.3, -0.25) is 0 Å². The Balaban J connectivity index is 4.06. The van der Waals surface area contributed by atoms with Crippen LogP contribution in [0.15, 0.2) is 5.16 Å². The number of nitrogens with two attached hydrogens (primary N) is 1. The fourth-order valence-corrected chi connectivity index (χ4v) is 0.877. The van der Waals surface area contributed by atoms with Gasteiger partial charge in [0.05, 0.1) is 0 Å². The number of carbonyl (C=O) groups is 1. The van der Waals surface area contributed by atoms with E-state index in [1.807, 2.05) is 0 Å². The molecule has 2 amide bonds. The number of nitrogens with zero attached hydrogens (tertiary/aromatic N) is 2. The van der Waals surface area contributed by atoms with Gasteiger partial charge in [-0.15, -0.1) is 0 Å². The van der Waals surface area contributed by atoms with Gasteiger partial charge in [0, 0.05) is 26.6 Å². The maximum atomic E-state index is 11.0. The Morgan fingerprint density at radius 2 is 2.31 bits per heavy atom. The maximum Gasteiger partial charge on any atom is 0.316 e. The van der Waals surface area contributed by atoms with Gasteiger partial charge in [-0.25, -0.2) is 4.79 Å². The van der Waals surface area contributed by atoms with Gasteiger partial charge in [0.25, 0.3) is 0 Å². The molecule has 1 unspecified atom stereocenters. The van der Waals surface area contributed by atoms with Crippen molar-refractivity contribution < 1.29 is 10.0 Å². The van der Waals surface area contributed by atoms with Crippen LogP contribution in [0.2, 0.25) is 0 Å². The fraction of sp³-hybridized carbons (Fsp3) is 0.714. The SMILES string of the molecule is CNC(=O)N(C)CC(C)C(N)=NO. The molecule has 0 aromatic carbocycles. The Bertz CT molecular complexity index is 205. The lowest BCUT2D eigenvalue weighted by molar-refractivity contribution is 0.208. The number of rotatable bonds is 3. The molecule has 0 saturated heterocycles. The predicted molar refractivity (Wildman–Crippen MR) is 49.7 cm³/mol. The van der Waals surface area contributed by atoms with Crippen LogP contribution in [0.4, 0.5) is 4.79 Å². The highest BCUT2D eigenvalue weighted by Crippen LogP contribution is 1.98. The molecule has 76 valence electrons. The standard InChI is InChI=1S/C7H16N4O2/c1-5(6(8)10-13)4-11(3)7(12)9-2/h5,13H,4H2,1-3H3,(H2,8,10)(H,9,12). The van der Waals surface area contributed by atoms with Crippen LogP contribution in [0, 0.1) is 5.92 Å². The van der Waals surface area contributed by atoms with E-state index in [1.165, 1.54) is 4.90 Å². The molecule has 4 N–H and O–H groups in total. The summed E-state index contributed by atoms with van der Waals surface area (Å²) in [5, 5.41) is 13.7. The minimum atomic E-state index is -0.197. The van der Waals surface area contributed by atoms with Crippen molar-refractivity contribution in [1.82, 2.24) is 10.2 Å². The van der Waals surface area contributed by atoms with E-state index in [-0.39, 0.29) is 17.8 Å². The molecule has 0 fully saturated rings. The number of urea groups is 1. The van der Waals surface area contributed by atoms with E-state index in [1.54, 1.807) is 21.0 Å². The fourth-order valence-electron chi connectivity index (χ4n) is 0.877. The minimum Gasteiger partial charge on any atom is -0.409 e. The summed E-state index contributed by atoms with van der Waals surface area (Å²) in [6, 6.07) is -0.197. The van der Waals surface area contributed by atoms with Crippen molar-refractivity contribution in [2.75, 3.05) is 20.6 Å². The zero-order valence-electron chi connectivity index (χ0n) is 8.11. The number of oxime groups is 1. The Kier molecular flexibility index (Phi) is 4.64. The zero-order chi connectivity index (χ0) is 10.4. The smallest absolute Gasteiger partial charge is 0.316 e. The van der Waals surface area contributed by atoms with Crippen LogP contribution in [0.1, 0.15) is 6.92 Å². The van der Waals surface area contributed by atoms with Crippen LogP contribution >= 0.6 is 0 Å². The van der Waals surface area contributed by atoms with E-state index in [9.17, 15) is 4.79 Å². The largest absolute Gasteiger partial charge is 0.409 e. The highest BCUT2D eigenvalue weighted by Gasteiger charge is 2.13. The molecule has 1 atom stereocenters. The number of amides is 2. The Morgan fingerprint density at radius 3 is 2.69 bits per heavy atom. The van der Waals surface area contributed by atoms with Gasteiger partial charge in [0.15, 0.2) is 0 Å². The molecule has 0 aromatic rings. The number of hydrogen-bond donors (Lipinski definition) is 3. The third kappa shape index (κ3) is 3.64. The zero-order valence-corrected chi connectivity index (χ0v) is 8.11. The summed E-state index contributed by atoms with van der Waals surface area (Å²) in [4.78, 5) is 12.5. The van der Waals surface area contributed by atoms with Gasteiger partial charge in [-0.2, -0.15) is 0 Å². The van der Waals surface area contributed by atoms with Crippen LogP contribution in [0.3, 0.4) is 0 Å². The third-order valence-electron chi connectivity index (χ3n) is 1.73. The highest BCUT2D eigenvalue weighted by molar-refractivity contribution is 5.82. The molecule has 0 radical (unpaired) electrons. The van der Waals surface area contributed by atoms with E-state index in [4.69, 9.17) is 10.9 Å². The predicted octanol–water partition coefficient (Wildman–Crippen LogP) is -0.360. The molecule has 6 nitrogen and oxygen atoms in total. The summed E-state index contributed by atoms with van der Waals surface area (Å²) < 4.78 is 0. The van der Waals surface area contributed by atoms with Gasteiger partial charge >= 0.3 is 6.03 Å². The van der Waals surface area contributed by atoms with Gasteiger partial charge in [-0.1, -0.05) is 12.1 Å².